The molecule has 1 heteroatoms. The Balaban J connectivity index is 2.48. The van der Waals surface area contributed by atoms with Gasteiger partial charge in [-0.2, -0.15) is 0 Å². The predicted octanol–water partition coefficient (Wildman–Crippen LogP) is 2.95. The minimum atomic E-state index is 0.492. The van der Waals surface area contributed by atoms with Crippen molar-refractivity contribution in [2.24, 2.45) is 5.92 Å². The molecule has 0 aliphatic carbocycles. The lowest BCUT2D eigenvalue weighted by atomic mass is 9.80. The Kier molecular flexibility index (Phi) is 3.57. The van der Waals surface area contributed by atoms with E-state index in [-0.39, 0.29) is 0 Å². The Morgan fingerprint density at radius 2 is 2.08 bits per heavy atom. The minimum absolute atomic E-state index is 0.492. The molecule has 0 aromatic heterocycles. The lowest BCUT2D eigenvalue weighted by Gasteiger charge is -2.39. The highest BCUT2D eigenvalue weighted by Crippen LogP contribution is 2.29. The Labute approximate surface area is 76.9 Å². The Hall–Kier alpha value is -0.0400. The van der Waals surface area contributed by atoms with Gasteiger partial charge in [-0.15, -0.1) is 0 Å². The summed E-state index contributed by atoms with van der Waals surface area (Å²) in [4.78, 5) is 0. The summed E-state index contributed by atoms with van der Waals surface area (Å²) in [6, 6.07) is 0. The molecule has 1 unspecified atom stereocenters. The summed E-state index contributed by atoms with van der Waals surface area (Å²) in [5, 5.41) is 3.71. The summed E-state index contributed by atoms with van der Waals surface area (Å²) in [7, 11) is 0. The topological polar surface area (TPSA) is 12.0 Å². The van der Waals surface area contributed by atoms with E-state index in [0.717, 1.165) is 5.92 Å². The molecule has 0 amide bonds. The molecule has 1 heterocycles. The quantitative estimate of drug-likeness (QED) is 0.685. The van der Waals surface area contributed by atoms with Crippen LogP contribution < -0.4 is 5.32 Å². The van der Waals surface area contributed by atoms with Crippen LogP contribution in [0.1, 0.15) is 52.9 Å². The molecular formula is C11H23N. The average molecular weight is 169 g/mol. The van der Waals surface area contributed by atoms with E-state index in [0.29, 0.717) is 5.54 Å². The maximum atomic E-state index is 3.71. The summed E-state index contributed by atoms with van der Waals surface area (Å²) in [5.74, 6) is 0.829. The van der Waals surface area contributed by atoms with E-state index in [1.807, 2.05) is 0 Å². The molecule has 0 aromatic carbocycles. The minimum Gasteiger partial charge on any atom is -0.311 e. The summed E-state index contributed by atoms with van der Waals surface area (Å²) in [6.07, 6.45) is 6.84. The van der Waals surface area contributed by atoms with E-state index < -0.39 is 0 Å². The molecule has 72 valence electrons. The highest BCUT2D eigenvalue weighted by Gasteiger charge is 2.29. The van der Waals surface area contributed by atoms with Crippen LogP contribution in [0.5, 0.6) is 0 Å². The van der Waals surface area contributed by atoms with Crippen molar-refractivity contribution in [1.29, 1.82) is 0 Å². The van der Waals surface area contributed by atoms with E-state index in [2.05, 4.69) is 26.1 Å². The zero-order valence-electron chi connectivity index (χ0n) is 8.82. The zero-order chi connectivity index (χ0) is 9.03. The van der Waals surface area contributed by atoms with Crippen LogP contribution in [0.3, 0.4) is 0 Å². The third-order valence-electron chi connectivity index (χ3n) is 3.06. The van der Waals surface area contributed by atoms with Crippen molar-refractivity contribution in [3.05, 3.63) is 0 Å². The molecular weight excluding hydrogens is 146 g/mol. The fourth-order valence-electron chi connectivity index (χ4n) is 2.43. The molecule has 1 atom stereocenters. The number of hydrogen-bond acceptors (Lipinski definition) is 1. The van der Waals surface area contributed by atoms with Crippen molar-refractivity contribution in [2.45, 2.75) is 58.4 Å². The maximum Gasteiger partial charge on any atom is 0.0181 e. The highest BCUT2D eigenvalue weighted by atomic mass is 15.0. The van der Waals surface area contributed by atoms with Crippen molar-refractivity contribution in [1.82, 2.24) is 5.32 Å². The normalized spacial score (nSPS) is 31.0. The van der Waals surface area contributed by atoms with Crippen molar-refractivity contribution in [3.63, 3.8) is 0 Å². The van der Waals surface area contributed by atoms with E-state index >= 15 is 0 Å². The van der Waals surface area contributed by atoms with Gasteiger partial charge in [0.2, 0.25) is 0 Å². The second-order valence-corrected chi connectivity index (χ2v) is 4.62. The van der Waals surface area contributed by atoms with Crippen LogP contribution in [0.2, 0.25) is 0 Å². The van der Waals surface area contributed by atoms with E-state index in [1.54, 1.807) is 0 Å². The molecule has 0 aromatic rings. The SMILES string of the molecule is CCC1(CC(C)C)CCCCN1. The third kappa shape index (κ3) is 2.48. The maximum absolute atomic E-state index is 3.71. The number of piperidine rings is 1. The second-order valence-electron chi connectivity index (χ2n) is 4.62. The molecule has 0 spiro atoms. The summed E-state index contributed by atoms with van der Waals surface area (Å²) in [6.45, 7) is 8.21. The van der Waals surface area contributed by atoms with Gasteiger partial charge in [-0.1, -0.05) is 27.2 Å². The van der Waals surface area contributed by atoms with Crippen LogP contribution >= 0.6 is 0 Å². The van der Waals surface area contributed by atoms with Crippen LogP contribution in [0.25, 0.3) is 0 Å². The van der Waals surface area contributed by atoms with Crippen LogP contribution in [0.15, 0.2) is 0 Å². The Morgan fingerprint density at radius 1 is 1.33 bits per heavy atom. The van der Waals surface area contributed by atoms with Crippen molar-refractivity contribution >= 4 is 0 Å². The molecule has 12 heavy (non-hydrogen) atoms. The molecule has 0 bridgehead atoms. The van der Waals surface area contributed by atoms with Crippen LogP contribution in [-0.4, -0.2) is 12.1 Å². The standard InChI is InChI=1S/C11H23N/c1-4-11(9-10(2)3)7-5-6-8-12-11/h10,12H,4-9H2,1-3H3. The number of rotatable bonds is 3. The molecule has 1 rings (SSSR count). The molecule has 0 saturated carbocycles. The first-order chi connectivity index (χ1) is 5.68. The second kappa shape index (κ2) is 4.27. The molecule has 1 N–H and O–H groups in total. The van der Waals surface area contributed by atoms with Gasteiger partial charge in [0.25, 0.3) is 0 Å². The van der Waals surface area contributed by atoms with Crippen molar-refractivity contribution in [2.75, 3.05) is 6.54 Å². The van der Waals surface area contributed by atoms with Crippen molar-refractivity contribution < 1.29 is 0 Å². The zero-order valence-corrected chi connectivity index (χ0v) is 8.82. The Bertz CT molecular complexity index is 123. The molecule has 0 radical (unpaired) electrons. The average Bonchev–Trinajstić information content (AvgIpc) is 2.05. The first kappa shape index (κ1) is 10.0. The van der Waals surface area contributed by atoms with E-state index in [4.69, 9.17) is 0 Å². The van der Waals surface area contributed by atoms with Crippen LogP contribution in [-0.2, 0) is 0 Å². The Morgan fingerprint density at radius 3 is 2.50 bits per heavy atom. The highest BCUT2D eigenvalue weighted by molar-refractivity contribution is 4.90. The lowest BCUT2D eigenvalue weighted by molar-refractivity contribution is 0.205. The van der Waals surface area contributed by atoms with Gasteiger partial charge >= 0.3 is 0 Å². The van der Waals surface area contributed by atoms with E-state index in [1.165, 1.54) is 38.6 Å². The fraction of sp³-hybridized carbons (Fsp3) is 1.00. The van der Waals surface area contributed by atoms with Crippen LogP contribution in [0, 0.1) is 5.92 Å². The lowest BCUT2D eigenvalue weighted by Crippen LogP contribution is -2.48. The first-order valence-electron chi connectivity index (χ1n) is 5.43. The van der Waals surface area contributed by atoms with Gasteiger partial charge in [0, 0.05) is 5.54 Å². The first-order valence-corrected chi connectivity index (χ1v) is 5.43. The van der Waals surface area contributed by atoms with Gasteiger partial charge in [0.15, 0.2) is 0 Å². The van der Waals surface area contributed by atoms with Gasteiger partial charge in [0.05, 0.1) is 0 Å². The monoisotopic (exact) mass is 169 g/mol. The summed E-state index contributed by atoms with van der Waals surface area (Å²) < 4.78 is 0. The van der Waals surface area contributed by atoms with E-state index in [9.17, 15) is 0 Å². The van der Waals surface area contributed by atoms with Gasteiger partial charge in [0.1, 0.15) is 0 Å². The molecule has 1 fully saturated rings. The number of hydrogen-bond donors (Lipinski definition) is 1. The smallest absolute Gasteiger partial charge is 0.0181 e. The molecule has 1 saturated heterocycles. The fourth-order valence-corrected chi connectivity index (χ4v) is 2.43. The van der Waals surface area contributed by atoms with Crippen LogP contribution in [0.4, 0.5) is 0 Å². The van der Waals surface area contributed by atoms with Gasteiger partial charge in [-0.3, -0.25) is 0 Å². The van der Waals surface area contributed by atoms with Crippen molar-refractivity contribution in [3.8, 4) is 0 Å². The largest absolute Gasteiger partial charge is 0.311 e. The van der Waals surface area contributed by atoms with Gasteiger partial charge < -0.3 is 5.32 Å². The molecule has 1 nitrogen and oxygen atoms in total. The molecule has 1 aliphatic rings. The van der Waals surface area contributed by atoms with Gasteiger partial charge in [-0.05, 0) is 38.1 Å². The van der Waals surface area contributed by atoms with Gasteiger partial charge in [-0.25, -0.2) is 0 Å². The molecule has 1 aliphatic heterocycles. The predicted molar refractivity (Wildman–Crippen MR) is 54.3 cm³/mol. The summed E-state index contributed by atoms with van der Waals surface area (Å²) in [5.41, 5.74) is 0.492. The summed E-state index contributed by atoms with van der Waals surface area (Å²) >= 11 is 0. The third-order valence-corrected chi connectivity index (χ3v) is 3.06. The number of nitrogens with one attached hydrogen (secondary N) is 1.